The average Bonchev–Trinajstić information content (AvgIpc) is 3.21. The van der Waals surface area contributed by atoms with Crippen molar-refractivity contribution in [3.05, 3.63) is 65.3 Å². The van der Waals surface area contributed by atoms with Crippen LogP contribution in [0.4, 0.5) is 0 Å². The minimum Gasteiger partial charge on any atom is -0.393 e. The van der Waals surface area contributed by atoms with Crippen LogP contribution in [-0.2, 0) is 15.4 Å². The molecule has 3 aliphatic rings. The monoisotopic (exact) mass is 542 g/mol. The Morgan fingerprint density at radius 3 is 2.50 bits per heavy atom. The molecule has 38 heavy (non-hydrogen) atoms. The molecular formula is C32H46O5S. The number of aliphatic hydroxyl groups is 3. The molecule has 3 fully saturated rings. The third-order valence-electron chi connectivity index (χ3n) is 9.75. The lowest BCUT2D eigenvalue weighted by Gasteiger charge is -2.44. The largest absolute Gasteiger partial charge is 0.393 e. The van der Waals surface area contributed by atoms with Crippen molar-refractivity contribution in [1.82, 2.24) is 0 Å². The standard InChI is InChI=1S/C32H46O5S/c1-21(16-18-38(36,37)27-12-10-25(11-13-27)31(3,4)35)28-14-15-29-23(7-6-17-32(28,29)5)8-9-24-19-26(33)20-30(34)22(24)2/h8-13,21,26,28-30,33-35H,2,6-7,14-20H2,1,3-5H3/b23-8+,24-9-/t21-,26-,28-,29+,30+,32-/m1/s1. The van der Waals surface area contributed by atoms with Gasteiger partial charge in [-0.05, 0) is 111 Å². The fraction of sp³-hybridized carbons (Fsp3) is 0.625. The van der Waals surface area contributed by atoms with Crippen molar-refractivity contribution in [2.24, 2.45) is 23.2 Å². The molecule has 0 bridgehead atoms. The van der Waals surface area contributed by atoms with E-state index in [9.17, 15) is 23.7 Å². The zero-order valence-electron chi connectivity index (χ0n) is 23.5. The van der Waals surface area contributed by atoms with Crippen molar-refractivity contribution in [1.29, 1.82) is 0 Å². The van der Waals surface area contributed by atoms with Gasteiger partial charge in [-0.2, -0.15) is 0 Å². The van der Waals surface area contributed by atoms with Gasteiger partial charge in [0.15, 0.2) is 9.84 Å². The summed E-state index contributed by atoms with van der Waals surface area (Å²) in [5.41, 5.74) is 2.97. The van der Waals surface area contributed by atoms with E-state index < -0.39 is 27.6 Å². The number of aliphatic hydroxyl groups excluding tert-OH is 2. The predicted molar refractivity (Wildman–Crippen MR) is 152 cm³/mol. The van der Waals surface area contributed by atoms with Crippen LogP contribution in [0, 0.1) is 23.2 Å². The molecule has 3 N–H and O–H groups in total. The second-order valence-corrected chi connectivity index (χ2v) is 14.9. The van der Waals surface area contributed by atoms with E-state index in [0.717, 1.165) is 43.3 Å². The van der Waals surface area contributed by atoms with Crippen molar-refractivity contribution >= 4 is 9.84 Å². The highest BCUT2D eigenvalue weighted by Crippen LogP contribution is 2.59. The lowest BCUT2D eigenvalue weighted by atomic mass is 9.61. The lowest BCUT2D eigenvalue weighted by Crippen LogP contribution is -2.36. The Morgan fingerprint density at radius 1 is 1.16 bits per heavy atom. The molecule has 0 radical (unpaired) electrons. The second kappa shape index (κ2) is 11.0. The van der Waals surface area contributed by atoms with Gasteiger partial charge in [-0.15, -0.1) is 0 Å². The van der Waals surface area contributed by atoms with Crippen LogP contribution in [0.15, 0.2) is 64.6 Å². The van der Waals surface area contributed by atoms with E-state index in [0.29, 0.717) is 47.5 Å². The summed E-state index contributed by atoms with van der Waals surface area (Å²) in [7, 11) is -3.39. The molecule has 0 spiro atoms. The zero-order valence-corrected chi connectivity index (χ0v) is 24.3. The fourth-order valence-electron chi connectivity index (χ4n) is 7.41. The molecule has 0 aromatic heterocycles. The van der Waals surface area contributed by atoms with E-state index in [4.69, 9.17) is 0 Å². The summed E-state index contributed by atoms with van der Waals surface area (Å²) < 4.78 is 26.2. The highest BCUT2D eigenvalue weighted by atomic mass is 32.2. The first-order valence-corrected chi connectivity index (χ1v) is 15.9. The molecule has 0 amide bonds. The van der Waals surface area contributed by atoms with Gasteiger partial charge in [0.2, 0.25) is 0 Å². The predicted octanol–water partition coefficient (Wildman–Crippen LogP) is 5.85. The first kappa shape index (κ1) is 29.3. The molecule has 6 atom stereocenters. The van der Waals surface area contributed by atoms with Crippen molar-refractivity contribution in [3.8, 4) is 0 Å². The number of hydrogen-bond donors (Lipinski definition) is 3. The number of benzene rings is 1. The maximum absolute atomic E-state index is 13.1. The van der Waals surface area contributed by atoms with Gasteiger partial charge in [0.25, 0.3) is 0 Å². The van der Waals surface area contributed by atoms with E-state index in [1.54, 1.807) is 38.1 Å². The van der Waals surface area contributed by atoms with Gasteiger partial charge < -0.3 is 15.3 Å². The molecule has 210 valence electrons. The molecule has 0 aliphatic heterocycles. The first-order chi connectivity index (χ1) is 17.7. The van der Waals surface area contributed by atoms with Gasteiger partial charge in [-0.3, -0.25) is 0 Å². The van der Waals surface area contributed by atoms with Crippen LogP contribution in [-0.4, -0.2) is 41.7 Å². The Labute approximate surface area is 229 Å². The van der Waals surface area contributed by atoms with E-state index in [1.165, 1.54) is 5.57 Å². The van der Waals surface area contributed by atoms with Crippen LogP contribution in [0.25, 0.3) is 0 Å². The van der Waals surface area contributed by atoms with Crippen molar-refractivity contribution < 1.29 is 23.7 Å². The van der Waals surface area contributed by atoms with Gasteiger partial charge in [0, 0.05) is 6.42 Å². The Kier molecular flexibility index (Phi) is 8.50. The smallest absolute Gasteiger partial charge is 0.178 e. The van der Waals surface area contributed by atoms with E-state index in [1.807, 2.05) is 0 Å². The molecule has 0 heterocycles. The Balaban J connectivity index is 1.44. The maximum Gasteiger partial charge on any atom is 0.178 e. The molecule has 1 aromatic carbocycles. The molecular weight excluding hydrogens is 496 g/mol. The van der Waals surface area contributed by atoms with Crippen molar-refractivity contribution in [2.45, 2.75) is 102 Å². The van der Waals surface area contributed by atoms with Crippen LogP contribution in [0.1, 0.15) is 84.6 Å². The zero-order chi connectivity index (χ0) is 27.9. The number of allylic oxidation sites excluding steroid dienone is 3. The summed E-state index contributed by atoms with van der Waals surface area (Å²) in [6.07, 6.45) is 10.2. The van der Waals surface area contributed by atoms with Crippen LogP contribution >= 0.6 is 0 Å². The third-order valence-corrected chi connectivity index (χ3v) is 11.5. The number of hydrogen-bond acceptors (Lipinski definition) is 5. The normalized spacial score (nSPS) is 33.5. The minimum absolute atomic E-state index is 0.134. The van der Waals surface area contributed by atoms with Crippen molar-refractivity contribution in [2.75, 3.05) is 5.75 Å². The lowest BCUT2D eigenvalue weighted by molar-refractivity contribution is 0.0785. The highest BCUT2D eigenvalue weighted by Gasteiger charge is 2.50. The Morgan fingerprint density at radius 2 is 1.84 bits per heavy atom. The van der Waals surface area contributed by atoms with Crippen LogP contribution in [0.3, 0.4) is 0 Å². The first-order valence-electron chi connectivity index (χ1n) is 14.2. The van der Waals surface area contributed by atoms with Crippen molar-refractivity contribution in [3.63, 3.8) is 0 Å². The van der Waals surface area contributed by atoms with Gasteiger partial charge in [0.05, 0.1) is 28.5 Å². The quantitative estimate of drug-likeness (QED) is 0.401. The van der Waals surface area contributed by atoms with Gasteiger partial charge >= 0.3 is 0 Å². The SMILES string of the molecule is C=C1/C(=C\C=C2/CCC[C@]3(C)[C@@H]([C@H](C)CCS(=O)(=O)c4ccc(C(C)(C)O)cc4)CC[C@@H]23)C[C@@H](O)C[C@@H]1O. The summed E-state index contributed by atoms with van der Waals surface area (Å²) in [4.78, 5) is 0.323. The van der Waals surface area contributed by atoms with Gasteiger partial charge in [-0.25, -0.2) is 8.42 Å². The van der Waals surface area contributed by atoms with E-state index in [-0.39, 0.29) is 11.2 Å². The average molecular weight is 543 g/mol. The van der Waals surface area contributed by atoms with Gasteiger partial charge in [-0.1, -0.05) is 50.3 Å². The summed E-state index contributed by atoms with van der Waals surface area (Å²) in [5, 5.41) is 30.5. The third kappa shape index (κ3) is 6.04. The summed E-state index contributed by atoms with van der Waals surface area (Å²) >= 11 is 0. The summed E-state index contributed by atoms with van der Waals surface area (Å²) in [6.45, 7) is 12.1. The molecule has 6 heteroatoms. The van der Waals surface area contributed by atoms with Crippen LogP contribution in [0.2, 0.25) is 0 Å². The van der Waals surface area contributed by atoms with Crippen LogP contribution in [0.5, 0.6) is 0 Å². The van der Waals surface area contributed by atoms with E-state index >= 15 is 0 Å². The van der Waals surface area contributed by atoms with Crippen LogP contribution < -0.4 is 0 Å². The molecule has 4 rings (SSSR count). The van der Waals surface area contributed by atoms with Gasteiger partial charge in [0.1, 0.15) is 0 Å². The Hall–Kier alpha value is -1.73. The number of rotatable bonds is 7. The summed E-state index contributed by atoms with van der Waals surface area (Å²) in [5.74, 6) is 1.40. The molecule has 3 saturated carbocycles. The summed E-state index contributed by atoms with van der Waals surface area (Å²) in [6, 6.07) is 6.64. The second-order valence-electron chi connectivity index (χ2n) is 12.8. The molecule has 0 unspecified atom stereocenters. The van der Waals surface area contributed by atoms with E-state index in [2.05, 4.69) is 32.6 Å². The fourth-order valence-corrected chi connectivity index (χ4v) is 8.88. The Bertz CT molecular complexity index is 1190. The minimum atomic E-state index is -3.39. The molecule has 3 aliphatic carbocycles. The number of fused-ring (bicyclic) bond motifs is 1. The topological polar surface area (TPSA) is 94.8 Å². The maximum atomic E-state index is 13.1. The number of sulfone groups is 1. The highest BCUT2D eigenvalue weighted by molar-refractivity contribution is 7.91. The molecule has 0 saturated heterocycles. The molecule has 1 aromatic rings. The molecule has 5 nitrogen and oxygen atoms in total.